The van der Waals surface area contributed by atoms with Crippen molar-refractivity contribution in [3.63, 3.8) is 0 Å². The van der Waals surface area contributed by atoms with Crippen LogP contribution in [0.3, 0.4) is 0 Å². The Kier molecular flexibility index (Phi) is 4.49. The number of rotatable bonds is 2. The fourth-order valence-corrected chi connectivity index (χ4v) is 2.47. The molecule has 6 heteroatoms. The number of anilines is 2. The predicted molar refractivity (Wildman–Crippen MR) is 88.0 cm³/mol. The predicted octanol–water partition coefficient (Wildman–Crippen LogP) is 2.42. The summed E-state index contributed by atoms with van der Waals surface area (Å²) in [5, 5.41) is 0. The molecule has 6 nitrogen and oxygen atoms in total. The van der Waals surface area contributed by atoms with Gasteiger partial charge in [0, 0.05) is 20.1 Å². The molecule has 1 aromatic rings. The molecule has 1 amide bonds. The van der Waals surface area contributed by atoms with E-state index in [2.05, 4.69) is 9.88 Å². The molecule has 0 unspecified atom stereocenters. The zero-order chi connectivity index (χ0) is 16.5. The van der Waals surface area contributed by atoms with Gasteiger partial charge in [-0.2, -0.15) is 0 Å². The summed E-state index contributed by atoms with van der Waals surface area (Å²) in [7, 11) is 1.80. The minimum Gasteiger partial charge on any atom is -0.444 e. The molecular formula is C16H26N4O2. The highest BCUT2D eigenvalue weighted by Crippen LogP contribution is 2.24. The van der Waals surface area contributed by atoms with Crippen molar-refractivity contribution in [2.75, 3.05) is 30.8 Å². The second kappa shape index (κ2) is 6.02. The van der Waals surface area contributed by atoms with E-state index in [0.29, 0.717) is 5.69 Å². The molecule has 0 aromatic carbocycles. The first-order chi connectivity index (χ1) is 10.2. The zero-order valence-electron chi connectivity index (χ0n) is 14.1. The van der Waals surface area contributed by atoms with Crippen LogP contribution < -0.4 is 10.6 Å². The molecule has 122 valence electrons. The average Bonchev–Trinajstić information content (AvgIpc) is 2.88. The fourth-order valence-electron chi connectivity index (χ4n) is 2.47. The number of aryl methyl sites for hydroxylation is 1. The van der Waals surface area contributed by atoms with Crippen molar-refractivity contribution in [2.24, 2.45) is 0 Å². The largest absolute Gasteiger partial charge is 0.444 e. The lowest BCUT2D eigenvalue weighted by atomic mass is 10.2. The quantitative estimate of drug-likeness (QED) is 0.908. The highest BCUT2D eigenvalue weighted by Gasteiger charge is 2.31. The van der Waals surface area contributed by atoms with Gasteiger partial charge in [0.1, 0.15) is 11.4 Å². The number of likely N-dealkylation sites (N-methyl/N-ethyl adjacent to an activating group) is 1. The van der Waals surface area contributed by atoms with Gasteiger partial charge in [0.05, 0.1) is 17.9 Å². The van der Waals surface area contributed by atoms with E-state index in [9.17, 15) is 4.79 Å². The Balaban J connectivity index is 2.00. The minimum atomic E-state index is -0.473. The molecule has 1 fully saturated rings. The van der Waals surface area contributed by atoms with Crippen LogP contribution in [0.1, 0.15) is 32.8 Å². The average molecular weight is 306 g/mol. The molecule has 0 radical (unpaired) electrons. The summed E-state index contributed by atoms with van der Waals surface area (Å²) in [6, 6.07) is 2.13. The van der Waals surface area contributed by atoms with Crippen LogP contribution in [0.4, 0.5) is 16.3 Å². The molecule has 1 aliphatic rings. The van der Waals surface area contributed by atoms with Gasteiger partial charge in [0.2, 0.25) is 0 Å². The Morgan fingerprint density at radius 3 is 2.77 bits per heavy atom. The Labute approximate surface area is 132 Å². The highest BCUT2D eigenvalue weighted by molar-refractivity contribution is 5.68. The van der Waals surface area contributed by atoms with Gasteiger partial charge >= 0.3 is 6.09 Å². The SMILES string of the molecule is Cc1cc(N2CC[C@@H](N(C)C(=O)OC(C)(C)C)C2)ncc1N. The Morgan fingerprint density at radius 1 is 1.50 bits per heavy atom. The second-order valence-corrected chi connectivity index (χ2v) is 6.88. The van der Waals surface area contributed by atoms with Crippen LogP contribution in [-0.4, -0.2) is 47.8 Å². The molecule has 1 atom stereocenters. The number of pyridine rings is 1. The molecule has 0 bridgehead atoms. The molecule has 22 heavy (non-hydrogen) atoms. The van der Waals surface area contributed by atoms with E-state index in [1.54, 1.807) is 18.1 Å². The Bertz CT molecular complexity index is 554. The number of nitrogen functional groups attached to an aromatic ring is 1. The molecular weight excluding hydrogens is 280 g/mol. The Morgan fingerprint density at radius 2 is 2.18 bits per heavy atom. The van der Waals surface area contributed by atoms with E-state index in [-0.39, 0.29) is 12.1 Å². The summed E-state index contributed by atoms with van der Waals surface area (Å²) >= 11 is 0. The highest BCUT2D eigenvalue weighted by atomic mass is 16.6. The number of hydrogen-bond donors (Lipinski definition) is 1. The molecule has 0 saturated carbocycles. The monoisotopic (exact) mass is 306 g/mol. The molecule has 0 spiro atoms. The van der Waals surface area contributed by atoms with Gasteiger partial charge in [-0.05, 0) is 45.7 Å². The molecule has 2 N–H and O–H groups in total. The third-order valence-electron chi connectivity index (χ3n) is 3.85. The lowest BCUT2D eigenvalue weighted by Crippen LogP contribution is -2.42. The van der Waals surface area contributed by atoms with E-state index in [1.807, 2.05) is 33.8 Å². The van der Waals surface area contributed by atoms with Gasteiger partial charge < -0.3 is 20.3 Å². The topological polar surface area (TPSA) is 71.7 Å². The third kappa shape index (κ3) is 3.81. The van der Waals surface area contributed by atoms with Gasteiger partial charge in [-0.1, -0.05) is 0 Å². The lowest BCUT2D eigenvalue weighted by molar-refractivity contribution is 0.0238. The molecule has 0 aliphatic carbocycles. The number of carbonyl (C=O) groups is 1. The number of aromatic nitrogens is 1. The van der Waals surface area contributed by atoms with Crippen molar-refractivity contribution in [1.29, 1.82) is 0 Å². The van der Waals surface area contributed by atoms with E-state index in [0.717, 1.165) is 30.9 Å². The number of nitrogens with zero attached hydrogens (tertiary/aromatic N) is 3. The van der Waals surface area contributed by atoms with Gasteiger partial charge in [-0.3, -0.25) is 0 Å². The second-order valence-electron chi connectivity index (χ2n) is 6.88. The maximum absolute atomic E-state index is 12.1. The van der Waals surface area contributed by atoms with Crippen molar-refractivity contribution in [1.82, 2.24) is 9.88 Å². The number of carbonyl (C=O) groups excluding carboxylic acids is 1. The van der Waals surface area contributed by atoms with E-state index in [4.69, 9.17) is 10.5 Å². The van der Waals surface area contributed by atoms with Crippen LogP contribution in [0.2, 0.25) is 0 Å². The molecule has 2 heterocycles. The van der Waals surface area contributed by atoms with Gasteiger partial charge in [-0.25, -0.2) is 9.78 Å². The van der Waals surface area contributed by atoms with Crippen LogP contribution in [0.25, 0.3) is 0 Å². The summed E-state index contributed by atoms with van der Waals surface area (Å²) in [5.74, 6) is 0.909. The van der Waals surface area contributed by atoms with E-state index in [1.165, 1.54) is 0 Å². The van der Waals surface area contributed by atoms with Gasteiger partial charge in [0.15, 0.2) is 0 Å². The van der Waals surface area contributed by atoms with Gasteiger partial charge in [0.25, 0.3) is 0 Å². The number of ether oxygens (including phenoxy) is 1. The molecule has 2 rings (SSSR count). The van der Waals surface area contributed by atoms with Crippen molar-refractivity contribution >= 4 is 17.6 Å². The van der Waals surface area contributed by atoms with Crippen molar-refractivity contribution in [2.45, 2.75) is 45.8 Å². The fraction of sp³-hybridized carbons (Fsp3) is 0.625. The summed E-state index contributed by atoms with van der Waals surface area (Å²) in [4.78, 5) is 20.4. The van der Waals surface area contributed by atoms with Crippen LogP contribution in [0.15, 0.2) is 12.3 Å². The smallest absolute Gasteiger partial charge is 0.410 e. The van der Waals surface area contributed by atoms with Crippen LogP contribution in [0.5, 0.6) is 0 Å². The number of hydrogen-bond acceptors (Lipinski definition) is 5. The first kappa shape index (κ1) is 16.4. The lowest BCUT2D eigenvalue weighted by Gasteiger charge is -2.28. The van der Waals surface area contributed by atoms with Crippen molar-refractivity contribution < 1.29 is 9.53 Å². The molecule has 1 aromatic heterocycles. The number of nitrogens with two attached hydrogens (primary N) is 1. The van der Waals surface area contributed by atoms with Crippen LogP contribution >= 0.6 is 0 Å². The minimum absolute atomic E-state index is 0.134. The molecule has 1 saturated heterocycles. The van der Waals surface area contributed by atoms with Crippen molar-refractivity contribution in [3.8, 4) is 0 Å². The zero-order valence-corrected chi connectivity index (χ0v) is 14.1. The first-order valence-electron chi connectivity index (χ1n) is 7.60. The summed E-state index contributed by atoms with van der Waals surface area (Å²) < 4.78 is 5.42. The Hall–Kier alpha value is -1.98. The van der Waals surface area contributed by atoms with E-state index >= 15 is 0 Å². The summed E-state index contributed by atoms with van der Waals surface area (Å²) in [6.45, 7) is 9.23. The van der Waals surface area contributed by atoms with Gasteiger partial charge in [-0.15, -0.1) is 0 Å². The number of amides is 1. The maximum atomic E-state index is 12.1. The standard InChI is InChI=1S/C16H26N4O2/c1-11-8-14(18-9-13(11)17)20-7-6-12(10-20)19(5)15(21)22-16(2,3)4/h8-9,12H,6-7,10,17H2,1-5H3/t12-/m1/s1. The van der Waals surface area contributed by atoms with E-state index < -0.39 is 5.60 Å². The first-order valence-corrected chi connectivity index (χ1v) is 7.60. The summed E-state index contributed by atoms with van der Waals surface area (Å²) in [5.41, 5.74) is 7.06. The van der Waals surface area contributed by atoms with Crippen LogP contribution in [-0.2, 0) is 4.74 Å². The van der Waals surface area contributed by atoms with Crippen molar-refractivity contribution in [3.05, 3.63) is 17.8 Å². The maximum Gasteiger partial charge on any atom is 0.410 e. The summed E-state index contributed by atoms with van der Waals surface area (Å²) in [6.07, 6.45) is 2.32. The third-order valence-corrected chi connectivity index (χ3v) is 3.85. The van der Waals surface area contributed by atoms with Crippen LogP contribution in [0, 0.1) is 6.92 Å². The molecule has 1 aliphatic heterocycles. The normalized spacial score (nSPS) is 18.4.